The smallest absolute Gasteiger partial charge is 0.129 e. The molecule has 0 spiro atoms. The summed E-state index contributed by atoms with van der Waals surface area (Å²) in [4.78, 5) is 2.56. The third-order valence-electron chi connectivity index (χ3n) is 3.78. The van der Waals surface area contributed by atoms with Gasteiger partial charge in [-0.2, -0.15) is 0 Å². The minimum Gasteiger partial charge on any atom is -0.507 e. The number of aromatic hydroxyl groups is 1. The Morgan fingerprint density at radius 3 is 2.74 bits per heavy atom. The van der Waals surface area contributed by atoms with Crippen molar-refractivity contribution in [1.29, 1.82) is 0 Å². The lowest BCUT2D eigenvalue weighted by Crippen LogP contribution is -2.45. The minimum absolute atomic E-state index is 0.318. The van der Waals surface area contributed by atoms with Crippen LogP contribution in [0.5, 0.6) is 5.75 Å². The number of nitrogens with one attached hydrogen (secondary N) is 1. The topological polar surface area (TPSA) is 35.5 Å². The first kappa shape index (κ1) is 14.8. The highest BCUT2D eigenvalue weighted by atomic mass is 79.9. The van der Waals surface area contributed by atoms with Gasteiger partial charge in [0.15, 0.2) is 0 Å². The average molecular weight is 327 g/mol. The van der Waals surface area contributed by atoms with Crippen LogP contribution in [0.25, 0.3) is 0 Å². The van der Waals surface area contributed by atoms with E-state index in [1.165, 1.54) is 24.8 Å². The molecule has 1 aliphatic rings. The maximum Gasteiger partial charge on any atom is 0.129 e. The number of phenolic OH excluding ortho intramolecular Hbond substituents is 1. The van der Waals surface area contributed by atoms with E-state index >= 15 is 0 Å². The van der Waals surface area contributed by atoms with E-state index in [-0.39, 0.29) is 0 Å². The second-order valence-electron chi connectivity index (χ2n) is 5.15. The fourth-order valence-corrected chi connectivity index (χ4v) is 3.08. The zero-order valence-electron chi connectivity index (χ0n) is 11.5. The number of halogens is 1. The minimum atomic E-state index is 0.318. The molecule has 19 heavy (non-hydrogen) atoms. The number of rotatable bonds is 5. The SMILES string of the molecule is CCCC[C@@H](c1ccc(O)c(Br)c1)N1CCNCC1. The summed E-state index contributed by atoms with van der Waals surface area (Å²) in [6.45, 7) is 6.59. The van der Waals surface area contributed by atoms with Gasteiger partial charge < -0.3 is 10.4 Å². The summed E-state index contributed by atoms with van der Waals surface area (Å²) in [6.07, 6.45) is 3.66. The number of benzene rings is 1. The van der Waals surface area contributed by atoms with Crippen LogP contribution in [0.15, 0.2) is 22.7 Å². The Hall–Kier alpha value is -0.580. The molecule has 106 valence electrons. The second kappa shape index (κ2) is 7.27. The Bertz CT molecular complexity index is 405. The maximum atomic E-state index is 9.64. The van der Waals surface area contributed by atoms with E-state index in [4.69, 9.17) is 0 Å². The molecule has 1 aliphatic heterocycles. The van der Waals surface area contributed by atoms with E-state index in [1.807, 2.05) is 0 Å². The molecule has 0 aliphatic carbocycles. The lowest BCUT2D eigenvalue weighted by atomic mass is 9.98. The molecule has 4 heteroatoms. The van der Waals surface area contributed by atoms with Crippen LogP contribution in [0.2, 0.25) is 0 Å². The highest BCUT2D eigenvalue weighted by Crippen LogP contribution is 2.32. The lowest BCUT2D eigenvalue weighted by Gasteiger charge is -2.35. The summed E-state index contributed by atoms with van der Waals surface area (Å²) < 4.78 is 0.793. The van der Waals surface area contributed by atoms with Crippen molar-refractivity contribution < 1.29 is 5.11 Å². The molecule has 1 saturated heterocycles. The Balaban J connectivity index is 2.17. The number of nitrogens with zero attached hydrogens (tertiary/aromatic N) is 1. The predicted molar refractivity (Wildman–Crippen MR) is 82.5 cm³/mol. The Morgan fingerprint density at radius 1 is 1.37 bits per heavy atom. The summed E-state index contributed by atoms with van der Waals surface area (Å²) in [5.74, 6) is 0.318. The van der Waals surface area contributed by atoms with Crippen LogP contribution < -0.4 is 5.32 Å². The third-order valence-corrected chi connectivity index (χ3v) is 4.42. The van der Waals surface area contributed by atoms with Crippen molar-refractivity contribution in [2.75, 3.05) is 26.2 Å². The number of piperazine rings is 1. The number of hydrogen-bond donors (Lipinski definition) is 2. The van der Waals surface area contributed by atoms with Crippen molar-refractivity contribution in [2.45, 2.75) is 32.2 Å². The molecule has 2 N–H and O–H groups in total. The van der Waals surface area contributed by atoms with Gasteiger partial charge in [0.25, 0.3) is 0 Å². The maximum absolute atomic E-state index is 9.64. The van der Waals surface area contributed by atoms with E-state index in [0.717, 1.165) is 30.7 Å². The fourth-order valence-electron chi connectivity index (χ4n) is 2.68. The van der Waals surface area contributed by atoms with E-state index in [1.54, 1.807) is 6.07 Å². The Morgan fingerprint density at radius 2 is 2.11 bits per heavy atom. The molecule has 1 atom stereocenters. The largest absolute Gasteiger partial charge is 0.507 e. The van der Waals surface area contributed by atoms with E-state index in [2.05, 4.69) is 45.2 Å². The average Bonchev–Trinajstić information content (AvgIpc) is 2.44. The van der Waals surface area contributed by atoms with Crippen molar-refractivity contribution in [2.24, 2.45) is 0 Å². The first-order valence-electron chi connectivity index (χ1n) is 7.15. The first-order chi connectivity index (χ1) is 9.22. The van der Waals surface area contributed by atoms with Gasteiger partial charge in [-0.25, -0.2) is 0 Å². The standard InChI is InChI=1S/C15H23BrN2O/c1-2-3-4-14(18-9-7-17-8-10-18)12-5-6-15(19)13(16)11-12/h5-6,11,14,17,19H,2-4,7-10H2,1H3/t14-/m0/s1. The van der Waals surface area contributed by atoms with Crippen molar-refractivity contribution in [3.8, 4) is 5.75 Å². The molecular weight excluding hydrogens is 304 g/mol. The van der Waals surface area contributed by atoms with Gasteiger partial charge in [0.2, 0.25) is 0 Å². The molecule has 1 aromatic rings. The molecule has 1 aromatic carbocycles. The van der Waals surface area contributed by atoms with Gasteiger partial charge in [-0.15, -0.1) is 0 Å². The van der Waals surface area contributed by atoms with E-state index in [9.17, 15) is 5.11 Å². The summed E-state index contributed by atoms with van der Waals surface area (Å²) in [7, 11) is 0. The van der Waals surface area contributed by atoms with Crippen LogP contribution in [0, 0.1) is 0 Å². The summed E-state index contributed by atoms with van der Waals surface area (Å²) in [6, 6.07) is 6.39. The van der Waals surface area contributed by atoms with E-state index < -0.39 is 0 Å². The summed E-state index contributed by atoms with van der Waals surface area (Å²) >= 11 is 3.43. The van der Waals surface area contributed by atoms with Crippen molar-refractivity contribution in [3.63, 3.8) is 0 Å². The number of hydrogen-bond acceptors (Lipinski definition) is 3. The summed E-state index contributed by atoms with van der Waals surface area (Å²) in [5.41, 5.74) is 1.31. The monoisotopic (exact) mass is 326 g/mol. The highest BCUT2D eigenvalue weighted by molar-refractivity contribution is 9.10. The van der Waals surface area contributed by atoms with E-state index in [0.29, 0.717) is 11.8 Å². The molecule has 1 heterocycles. The molecule has 0 saturated carbocycles. The third kappa shape index (κ3) is 3.94. The van der Waals surface area contributed by atoms with Crippen LogP contribution >= 0.6 is 15.9 Å². The fraction of sp³-hybridized carbons (Fsp3) is 0.600. The van der Waals surface area contributed by atoms with Crippen molar-refractivity contribution in [1.82, 2.24) is 10.2 Å². The molecule has 0 bridgehead atoms. The first-order valence-corrected chi connectivity index (χ1v) is 7.95. The van der Waals surface area contributed by atoms with Crippen molar-refractivity contribution >= 4 is 15.9 Å². The quantitative estimate of drug-likeness (QED) is 0.871. The number of phenols is 1. The molecule has 2 rings (SSSR count). The van der Waals surface area contributed by atoms with Crippen LogP contribution in [-0.4, -0.2) is 36.2 Å². The zero-order chi connectivity index (χ0) is 13.7. The highest BCUT2D eigenvalue weighted by Gasteiger charge is 2.22. The van der Waals surface area contributed by atoms with Gasteiger partial charge in [-0.1, -0.05) is 25.8 Å². The molecular formula is C15H23BrN2O. The normalized spacial score (nSPS) is 18.4. The molecule has 1 fully saturated rings. The predicted octanol–water partition coefficient (Wildman–Crippen LogP) is 3.29. The summed E-state index contributed by atoms with van der Waals surface area (Å²) in [5, 5.41) is 13.0. The van der Waals surface area contributed by atoms with Gasteiger partial charge in [0.05, 0.1) is 4.47 Å². The Kier molecular flexibility index (Phi) is 5.67. The van der Waals surface area contributed by atoms with Crippen LogP contribution in [0.3, 0.4) is 0 Å². The van der Waals surface area contributed by atoms with Crippen LogP contribution in [0.1, 0.15) is 37.8 Å². The molecule has 0 amide bonds. The number of unbranched alkanes of at least 4 members (excludes halogenated alkanes) is 1. The zero-order valence-corrected chi connectivity index (χ0v) is 13.1. The molecule has 0 radical (unpaired) electrons. The molecule has 0 aromatic heterocycles. The van der Waals surface area contributed by atoms with Gasteiger partial charge >= 0.3 is 0 Å². The van der Waals surface area contributed by atoms with Gasteiger partial charge in [0.1, 0.15) is 5.75 Å². The second-order valence-corrected chi connectivity index (χ2v) is 6.01. The Labute approximate surface area is 124 Å². The molecule has 0 unspecified atom stereocenters. The van der Waals surface area contributed by atoms with Crippen LogP contribution in [0.4, 0.5) is 0 Å². The van der Waals surface area contributed by atoms with Gasteiger partial charge in [-0.3, -0.25) is 4.90 Å². The van der Waals surface area contributed by atoms with Crippen molar-refractivity contribution in [3.05, 3.63) is 28.2 Å². The van der Waals surface area contributed by atoms with Gasteiger partial charge in [0, 0.05) is 32.2 Å². The lowest BCUT2D eigenvalue weighted by molar-refractivity contribution is 0.163. The van der Waals surface area contributed by atoms with Crippen LogP contribution in [-0.2, 0) is 0 Å². The van der Waals surface area contributed by atoms with Gasteiger partial charge in [-0.05, 0) is 40.0 Å². The molecule has 3 nitrogen and oxygen atoms in total.